The van der Waals surface area contributed by atoms with Crippen molar-refractivity contribution in [3.63, 3.8) is 0 Å². The molecule has 0 heteroatoms. The lowest BCUT2D eigenvalue weighted by atomic mass is 10.0. The molecule has 0 aliphatic carbocycles. The summed E-state index contributed by atoms with van der Waals surface area (Å²) >= 11 is 0. The summed E-state index contributed by atoms with van der Waals surface area (Å²) in [7, 11) is 0. The molecule has 0 radical (unpaired) electrons. The second kappa shape index (κ2) is 8.10. The van der Waals surface area contributed by atoms with Crippen LogP contribution < -0.4 is 0 Å². The molecule has 1 rings (SSSR count). The zero-order chi connectivity index (χ0) is 14.1. The average Bonchev–Trinajstić information content (AvgIpc) is 2.45. The minimum absolute atomic E-state index is 1.03. The number of hydrogen-bond acceptors (Lipinski definition) is 0. The molecule has 0 aromatic heterocycles. The second-order valence-corrected chi connectivity index (χ2v) is 4.34. The Bertz CT molecular complexity index is 522. The molecular formula is C19H22. The van der Waals surface area contributed by atoms with E-state index < -0.39 is 0 Å². The first-order valence-corrected chi connectivity index (χ1v) is 6.57. The quantitative estimate of drug-likeness (QED) is 0.586. The van der Waals surface area contributed by atoms with Crippen LogP contribution in [0.4, 0.5) is 0 Å². The van der Waals surface area contributed by atoms with E-state index in [-0.39, 0.29) is 0 Å². The van der Waals surface area contributed by atoms with Gasteiger partial charge in [0.2, 0.25) is 0 Å². The molecule has 0 aliphatic rings. The van der Waals surface area contributed by atoms with Crippen molar-refractivity contribution in [2.24, 2.45) is 0 Å². The van der Waals surface area contributed by atoms with Crippen molar-refractivity contribution in [2.75, 3.05) is 0 Å². The van der Waals surface area contributed by atoms with Crippen LogP contribution in [0, 0.1) is 0 Å². The molecule has 1 aromatic rings. The fourth-order valence-electron chi connectivity index (χ4n) is 1.79. The third kappa shape index (κ3) is 4.97. The predicted octanol–water partition coefficient (Wildman–Crippen LogP) is 5.72. The van der Waals surface area contributed by atoms with Crippen LogP contribution in [-0.2, 0) is 0 Å². The Kier molecular flexibility index (Phi) is 6.38. The lowest BCUT2D eigenvalue weighted by molar-refractivity contribution is 1.40. The zero-order valence-corrected chi connectivity index (χ0v) is 12.1. The largest absolute Gasteiger partial charge is 0.0912 e. The highest BCUT2D eigenvalue weighted by atomic mass is 14.0. The number of benzene rings is 1. The molecule has 0 saturated carbocycles. The monoisotopic (exact) mass is 250 g/mol. The van der Waals surface area contributed by atoms with Crippen LogP contribution in [0.1, 0.15) is 26.3 Å². The minimum Gasteiger partial charge on any atom is -0.0912 e. The highest BCUT2D eigenvalue weighted by Gasteiger charge is 1.93. The van der Waals surface area contributed by atoms with Crippen molar-refractivity contribution in [1.82, 2.24) is 0 Å². The summed E-state index contributed by atoms with van der Waals surface area (Å²) < 4.78 is 0. The molecule has 0 unspecified atom stereocenters. The summed E-state index contributed by atoms with van der Waals surface area (Å²) in [6.07, 6.45) is 12.5. The van der Waals surface area contributed by atoms with Crippen LogP contribution in [0.15, 0.2) is 84.5 Å². The van der Waals surface area contributed by atoms with E-state index in [9.17, 15) is 0 Å². The second-order valence-electron chi connectivity index (χ2n) is 4.34. The maximum Gasteiger partial charge on any atom is -0.0190 e. The van der Waals surface area contributed by atoms with E-state index in [1.54, 1.807) is 0 Å². The minimum atomic E-state index is 1.03. The fraction of sp³-hybridized carbons (Fsp3) is 0.158. The first-order valence-electron chi connectivity index (χ1n) is 6.57. The van der Waals surface area contributed by atoms with Gasteiger partial charge in [-0.25, -0.2) is 0 Å². The van der Waals surface area contributed by atoms with Crippen LogP contribution in [0.25, 0.3) is 5.57 Å². The zero-order valence-electron chi connectivity index (χ0n) is 12.1. The van der Waals surface area contributed by atoms with Gasteiger partial charge < -0.3 is 0 Å². The molecule has 0 saturated heterocycles. The number of rotatable bonds is 5. The van der Waals surface area contributed by atoms with E-state index in [2.05, 4.69) is 62.9 Å². The molecule has 1 aromatic carbocycles. The van der Waals surface area contributed by atoms with Crippen molar-refractivity contribution in [1.29, 1.82) is 0 Å². The van der Waals surface area contributed by atoms with Crippen LogP contribution in [0.5, 0.6) is 0 Å². The van der Waals surface area contributed by atoms with Gasteiger partial charge in [-0.15, -0.1) is 0 Å². The van der Waals surface area contributed by atoms with E-state index in [0.29, 0.717) is 0 Å². The van der Waals surface area contributed by atoms with Gasteiger partial charge in [0.05, 0.1) is 0 Å². The van der Waals surface area contributed by atoms with Gasteiger partial charge in [0.15, 0.2) is 0 Å². The molecule has 0 heterocycles. The van der Waals surface area contributed by atoms with E-state index in [4.69, 9.17) is 0 Å². The van der Waals surface area contributed by atoms with Gasteiger partial charge in [-0.1, -0.05) is 73.4 Å². The van der Waals surface area contributed by atoms with E-state index in [1.807, 2.05) is 31.2 Å². The maximum absolute atomic E-state index is 4.08. The Balaban J connectivity index is 2.75. The summed E-state index contributed by atoms with van der Waals surface area (Å²) in [6.45, 7) is 10.3. The third-order valence-corrected chi connectivity index (χ3v) is 2.90. The van der Waals surface area contributed by atoms with Gasteiger partial charge in [0.1, 0.15) is 0 Å². The van der Waals surface area contributed by atoms with Gasteiger partial charge >= 0.3 is 0 Å². The summed E-state index contributed by atoms with van der Waals surface area (Å²) in [5.41, 5.74) is 4.68. The summed E-state index contributed by atoms with van der Waals surface area (Å²) in [5.74, 6) is 0. The fourth-order valence-corrected chi connectivity index (χ4v) is 1.79. The van der Waals surface area contributed by atoms with Crippen molar-refractivity contribution in [3.05, 3.63) is 90.1 Å². The highest BCUT2D eigenvalue weighted by Crippen LogP contribution is 2.14. The Morgan fingerprint density at radius 1 is 1.05 bits per heavy atom. The lowest BCUT2D eigenvalue weighted by Crippen LogP contribution is -1.80. The van der Waals surface area contributed by atoms with Crippen molar-refractivity contribution < 1.29 is 0 Å². The summed E-state index contributed by atoms with van der Waals surface area (Å²) in [5, 5.41) is 0. The maximum atomic E-state index is 4.08. The molecule has 0 atom stereocenters. The standard InChI is InChI=1S/C19H22/c1-5-11-18(6-2)16(3)12-10-13-17(4)19-14-8-7-9-15-19/h5-15H,4H2,1-3H3/b11-5-,13-10-,16-12+,18-6+. The van der Waals surface area contributed by atoms with Crippen molar-refractivity contribution in [2.45, 2.75) is 20.8 Å². The van der Waals surface area contributed by atoms with Crippen LogP contribution in [-0.4, -0.2) is 0 Å². The molecule has 0 nitrogen and oxygen atoms in total. The number of allylic oxidation sites excluding steroid dienone is 9. The topological polar surface area (TPSA) is 0 Å². The van der Waals surface area contributed by atoms with Crippen LogP contribution in [0.2, 0.25) is 0 Å². The molecule has 0 N–H and O–H groups in total. The molecule has 19 heavy (non-hydrogen) atoms. The lowest BCUT2D eigenvalue weighted by Gasteiger charge is -2.01. The smallest absolute Gasteiger partial charge is 0.0190 e. The summed E-state index contributed by atoms with van der Waals surface area (Å²) in [6, 6.07) is 10.2. The molecule has 0 aliphatic heterocycles. The molecule has 0 amide bonds. The third-order valence-electron chi connectivity index (χ3n) is 2.90. The molecule has 0 fully saturated rings. The van der Waals surface area contributed by atoms with Gasteiger partial charge in [0, 0.05) is 0 Å². The molecule has 0 bridgehead atoms. The first-order chi connectivity index (χ1) is 9.19. The number of hydrogen-bond donors (Lipinski definition) is 0. The van der Waals surface area contributed by atoms with Crippen molar-refractivity contribution in [3.8, 4) is 0 Å². The Labute approximate surface area is 117 Å². The van der Waals surface area contributed by atoms with Gasteiger partial charge in [-0.2, -0.15) is 0 Å². The van der Waals surface area contributed by atoms with E-state index >= 15 is 0 Å². The van der Waals surface area contributed by atoms with E-state index in [1.165, 1.54) is 11.1 Å². The van der Waals surface area contributed by atoms with Gasteiger partial charge in [-0.05, 0) is 43.1 Å². The average molecular weight is 250 g/mol. The Hall–Kier alpha value is -2.08. The predicted molar refractivity (Wildman–Crippen MR) is 86.9 cm³/mol. The Morgan fingerprint density at radius 3 is 2.32 bits per heavy atom. The first kappa shape index (κ1) is 15.0. The Morgan fingerprint density at radius 2 is 1.74 bits per heavy atom. The van der Waals surface area contributed by atoms with Crippen molar-refractivity contribution >= 4 is 5.57 Å². The molecule has 98 valence electrons. The molecule has 0 spiro atoms. The SMILES string of the molecule is C=C(\C=C/C=C(C)/C(/C=C\C)=C/C)c1ccccc1. The van der Waals surface area contributed by atoms with Crippen LogP contribution in [0.3, 0.4) is 0 Å². The van der Waals surface area contributed by atoms with Gasteiger partial charge in [0.25, 0.3) is 0 Å². The van der Waals surface area contributed by atoms with Gasteiger partial charge in [-0.3, -0.25) is 0 Å². The normalized spacial score (nSPS) is 13.4. The molecular weight excluding hydrogens is 228 g/mol. The van der Waals surface area contributed by atoms with E-state index in [0.717, 1.165) is 11.1 Å². The summed E-state index contributed by atoms with van der Waals surface area (Å²) in [4.78, 5) is 0. The highest BCUT2D eigenvalue weighted by molar-refractivity contribution is 5.72. The van der Waals surface area contributed by atoms with Crippen LogP contribution >= 0.6 is 0 Å².